The van der Waals surface area contributed by atoms with Gasteiger partial charge in [0, 0.05) is 0 Å². The van der Waals surface area contributed by atoms with E-state index in [-0.39, 0.29) is 6.61 Å². The smallest absolute Gasteiger partial charge is 0.304 e. The minimum Gasteiger partial charge on any atom is -0.304 e. The van der Waals surface area contributed by atoms with Gasteiger partial charge in [0.25, 0.3) is 7.49 Å². The van der Waals surface area contributed by atoms with Crippen LogP contribution in [0.2, 0.25) is 0 Å². The second-order valence-corrected chi connectivity index (χ2v) is 12.3. The maximum absolute atomic E-state index is 13.3. The Kier molecular flexibility index (Phi) is 9.82. The van der Waals surface area contributed by atoms with Crippen LogP contribution >= 0.6 is 15.3 Å². The van der Waals surface area contributed by atoms with Gasteiger partial charge in [0.05, 0.1) is 6.61 Å². The quantitative estimate of drug-likeness (QED) is 0.268. The molecule has 3 aromatic carbocycles. The first kappa shape index (κ1) is 25.8. The molecule has 0 amide bonds. The molecule has 176 valence electrons. The highest BCUT2D eigenvalue weighted by atomic mass is 31.3. The Morgan fingerprint density at radius 2 is 1.18 bits per heavy atom. The molecule has 3 aromatic rings. The van der Waals surface area contributed by atoms with Crippen molar-refractivity contribution in [3.63, 3.8) is 0 Å². The van der Waals surface area contributed by atoms with Crippen LogP contribution in [0.3, 0.4) is 0 Å². The lowest BCUT2D eigenvalue weighted by Crippen LogP contribution is -2.32. The van der Waals surface area contributed by atoms with Crippen molar-refractivity contribution in [1.29, 1.82) is 0 Å². The average molecular weight is 487 g/mol. The number of hydrogen-bond donors (Lipinski definition) is 1. The van der Waals surface area contributed by atoms with Gasteiger partial charge in [-0.25, -0.2) is 4.57 Å². The zero-order valence-corrected chi connectivity index (χ0v) is 21.2. The van der Waals surface area contributed by atoms with Crippen molar-refractivity contribution in [2.24, 2.45) is 0 Å². The van der Waals surface area contributed by atoms with Gasteiger partial charge in [-0.2, -0.15) is 0 Å². The standard InChI is InChI=1S/C26H33NO4P2/c1-3-27(4-2)22-14-15-23-30-33(28,29)31-32(24-16-8-5-9-17-24,25-18-10-6-11-19-25)26-20-12-7-13-21-26/h5-13,16-21H,3-4,14-15,22-23H2,1-2H3/p+1. The van der Waals surface area contributed by atoms with Crippen LogP contribution in [0.4, 0.5) is 0 Å². The molecule has 0 bridgehead atoms. The van der Waals surface area contributed by atoms with Crippen molar-refractivity contribution in [2.75, 3.05) is 26.2 Å². The predicted octanol–water partition coefficient (Wildman–Crippen LogP) is 5.15. The number of nitrogens with zero attached hydrogens (tertiary/aromatic N) is 1. The maximum Gasteiger partial charge on any atom is 0.506 e. The molecule has 0 aromatic heterocycles. The SMILES string of the molecule is CCN(CC)CCCCOP(=O)(O)O[P+](c1ccccc1)(c1ccccc1)c1ccccc1. The van der Waals surface area contributed by atoms with Gasteiger partial charge in [-0.1, -0.05) is 68.4 Å². The van der Waals surface area contributed by atoms with E-state index >= 15 is 0 Å². The average Bonchev–Trinajstić information content (AvgIpc) is 2.86. The van der Waals surface area contributed by atoms with Crippen molar-refractivity contribution in [3.8, 4) is 0 Å². The van der Waals surface area contributed by atoms with Gasteiger partial charge in [-0.3, -0.25) is 4.52 Å². The van der Waals surface area contributed by atoms with Gasteiger partial charge in [0.1, 0.15) is 15.9 Å². The lowest BCUT2D eigenvalue weighted by molar-refractivity contribution is 0.199. The number of rotatable bonds is 13. The van der Waals surface area contributed by atoms with Crippen LogP contribution in [-0.2, 0) is 13.4 Å². The molecule has 0 aliphatic heterocycles. The third-order valence-electron chi connectivity index (χ3n) is 5.60. The fourth-order valence-electron chi connectivity index (χ4n) is 3.84. The van der Waals surface area contributed by atoms with E-state index in [1.807, 2.05) is 91.0 Å². The van der Waals surface area contributed by atoms with Crippen molar-refractivity contribution in [3.05, 3.63) is 91.0 Å². The van der Waals surface area contributed by atoms with Crippen LogP contribution in [0, 0.1) is 0 Å². The van der Waals surface area contributed by atoms with Crippen LogP contribution in [0.25, 0.3) is 0 Å². The van der Waals surface area contributed by atoms with Gasteiger partial charge in [0.2, 0.25) is 0 Å². The fourth-order valence-corrected chi connectivity index (χ4v) is 9.43. The summed E-state index contributed by atoms with van der Waals surface area (Å²) in [6.07, 6.45) is 1.59. The summed E-state index contributed by atoms with van der Waals surface area (Å²) >= 11 is 0. The van der Waals surface area contributed by atoms with Crippen molar-refractivity contribution in [2.45, 2.75) is 26.7 Å². The molecule has 7 heteroatoms. The van der Waals surface area contributed by atoms with E-state index < -0.39 is 15.3 Å². The molecule has 5 nitrogen and oxygen atoms in total. The van der Waals surface area contributed by atoms with Crippen molar-refractivity contribution < 1.29 is 18.3 Å². The van der Waals surface area contributed by atoms with E-state index in [9.17, 15) is 9.46 Å². The first-order valence-corrected chi connectivity index (χ1v) is 14.7. The first-order valence-electron chi connectivity index (χ1n) is 11.5. The largest absolute Gasteiger partial charge is 0.506 e. The molecule has 1 N–H and O–H groups in total. The number of phosphoric ester groups is 1. The number of unbranched alkanes of at least 4 members (excludes halogenated alkanes) is 1. The molecule has 0 saturated carbocycles. The molecule has 0 fully saturated rings. The summed E-state index contributed by atoms with van der Waals surface area (Å²) in [6.45, 7) is 7.38. The van der Waals surface area contributed by atoms with E-state index in [1.165, 1.54) is 0 Å². The van der Waals surface area contributed by atoms with Gasteiger partial charge in [0.15, 0.2) is 0 Å². The van der Waals surface area contributed by atoms with Crippen LogP contribution in [-0.4, -0.2) is 36.0 Å². The zero-order valence-electron chi connectivity index (χ0n) is 19.4. The molecule has 0 aliphatic carbocycles. The van der Waals surface area contributed by atoms with Crippen LogP contribution in [0.1, 0.15) is 26.7 Å². The minimum atomic E-state index is -4.35. The molecule has 0 saturated heterocycles. The van der Waals surface area contributed by atoms with Crippen LogP contribution < -0.4 is 15.9 Å². The second-order valence-electron chi connectivity index (χ2n) is 7.73. The number of hydrogen-bond acceptors (Lipinski definition) is 4. The molecular formula is C26H34NO4P2+. The Balaban J connectivity index is 1.89. The zero-order chi connectivity index (χ0) is 23.6. The summed E-state index contributed by atoms with van der Waals surface area (Å²) in [7, 11) is -7.25. The van der Waals surface area contributed by atoms with E-state index in [4.69, 9.17) is 8.83 Å². The first-order chi connectivity index (χ1) is 16.0. The summed E-state index contributed by atoms with van der Waals surface area (Å²) in [4.78, 5) is 13.2. The molecule has 3 rings (SSSR count). The monoisotopic (exact) mass is 486 g/mol. The fraction of sp³-hybridized carbons (Fsp3) is 0.308. The van der Waals surface area contributed by atoms with Crippen LogP contribution in [0.5, 0.6) is 0 Å². The summed E-state index contributed by atoms with van der Waals surface area (Å²) in [5.41, 5.74) is 0. The summed E-state index contributed by atoms with van der Waals surface area (Å²) < 4.78 is 25.0. The molecule has 0 spiro atoms. The number of benzene rings is 3. The summed E-state index contributed by atoms with van der Waals surface area (Å²) in [5, 5.41) is 2.59. The topological polar surface area (TPSA) is 59.0 Å². The molecular weight excluding hydrogens is 452 g/mol. The van der Waals surface area contributed by atoms with Gasteiger partial charge in [-0.15, -0.1) is 4.31 Å². The summed E-state index contributed by atoms with van der Waals surface area (Å²) in [6, 6.07) is 29.1. The minimum absolute atomic E-state index is 0.174. The Morgan fingerprint density at radius 1 is 0.758 bits per heavy atom. The molecule has 1 atom stereocenters. The van der Waals surface area contributed by atoms with E-state index in [0.717, 1.165) is 42.0 Å². The molecule has 0 radical (unpaired) electrons. The number of phosphoric acid groups is 1. The van der Waals surface area contributed by atoms with E-state index in [0.29, 0.717) is 6.42 Å². The Labute approximate surface area is 198 Å². The molecule has 33 heavy (non-hydrogen) atoms. The van der Waals surface area contributed by atoms with Crippen molar-refractivity contribution in [1.82, 2.24) is 4.90 Å². The summed E-state index contributed by atoms with van der Waals surface area (Å²) in [5.74, 6) is 0. The highest BCUT2D eigenvalue weighted by Crippen LogP contribution is 2.67. The van der Waals surface area contributed by atoms with Gasteiger partial charge in [-0.05, 0) is 68.9 Å². The predicted molar refractivity (Wildman–Crippen MR) is 139 cm³/mol. The van der Waals surface area contributed by atoms with Crippen molar-refractivity contribution >= 4 is 31.2 Å². The Bertz CT molecular complexity index is 902. The van der Waals surface area contributed by atoms with E-state index in [2.05, 4.69) is 18.7 Å². The second kappa shape index (κ2) is 12.6. The highest BCUT2D eigenvalue weighted by molar-refractivity contribution is 7.94. The highest BCUT2D eigenvalue weighted by Gasteiger charge is 2.54. The lowest BCUT2D eigenvalue weighted by atomic mass is 10.3. The normalized spacial score (nSPS) is 13.7. The lowest BCUT2D eigenvalue weighted by Gasteiger charge is -2.26. The molecule has 0 heterocycles. The van der Waals surface area contributed by atoms with E-state index in [1.54, 1.807) is 0 Å². The third-order valence-corrected chi connectivity index (χ3v) is 11.0. The van der Waals surface area contributed by atoms with Gasteiger partial charge >= 0.3 is 7.82 Å². The van der Waals surface area contributed by atoms with Crippen LogP contribution in [0.15, 0.2) is 91.0 Å². The Morgan fingerprint density at radius 3 is 1.58 bits per heavy atom. The van der Waals surface area contributed by atoms with Gasteiger partial charge < -0.3 is 9.79 Å². The third kappa shape index (κ3) is 6.83. The Hall–Kier alpha value is -1.84. The molecule has 1 unspecified atom stereocenters. The maximum atomic E-state index is 13.3. The molecule has 0 aliphatic rings.